The second-order valence-corrected chi connectivity index (χ2v) is 4.70. The van der Waals surface area contributed by atoms with Gasteiger partial charge in [-0.1, -0.05) is 39.0 Å². The van der Waals surface area contributed by atoms with Gasteiger partial charge in [0.05, 0.1) is 6.10 Å². The maximum Gasteiger partial charge on any atom is 0.0524 e. The fraction of sp³-hybridized carbons (Fsp3) is 1.00. The van der Waals surface area contributed by atoms with E-state index in [1.54, 1.807) is 0 Å². The number of hydrogen-bond donors (Lipinski definition) is 2. The summed E-state index contributed by atoms with van der Waals surface area (Å²) in [5.41, 5.74) is 0. The third kappa shape index (κ3) is 11.8. The molecule has 15 heavy (non-hydrogen) atoms. The zero-order chi connectivity index (χ0) is 11.5. The molecule has 0 radical (unpaired) electrons. The molecule has 0 saturated heterocycles. The van der Waals surface area contributed by atoms with Gasteiger partial charge in [-0.2, -0.15) is 0 Å². The summed E-state index contributed by atoms with van der Waals surface area (Å²) in [5.74, 6) is 0. The van der Waals surface area contributed by atoms with E-state index in [9.17, 15) is 0 Å². The summed E-state index contributed by atoms with van der Waals surface area (Å²) in [6, 6.07) is 0.602. The Morgan fingerprint density at radius 3 is 2.27 bits per heavy atom. The van der Waals surface area contributed by atoms with Gasteiger partial charge in [0.2, 0.25) is 0 Å². The van der Waals surface area contributed by atoms with Crippen LogP contribution in [0.1, 0.15) is 65.7 Å². The predicted molar refractivity (Wildman–Crippen MR) is 67.1 cm³/mol. The molecule has 0 aromatic heterocycles. The van der Waals surface area contributed by atoms with E-state index in [-0.39, 0.29) is 6.10 Å². The van der Waals surface area contributed by atoms with Crippen molar-refractivity contribution < 1.29 is 5.11 Å². The quantitative estimate of drug-likeness (QED) is 0.549. The summed E-state index contributed by atoms with van der Waals surface area (Å²) in [6.07, 6.45) is 8.75. The molecule has 0 aromatic rings. The first-order valence-corrected chi connectivity index (χ1v) is 6.58. The fourth-order valence-corrected chi connectivity index (χ4v) is 1.69. The maximum absolute atomic E-state index is 9.10. The number of unbranched alkanes of at least 4 members (excludes halogenated alkanes) is 4. The number of rotatable bonds is 10. The lowest BCUT2D eigenvalue weighted by atomic mass is 10.1. The van der Waals surface area contributed by atoms with Crippen molar-refractivity contribution in [1.82, 2.24) is 5.32 Å². The zero-order valence-corrected chi connectivity index (χ0v) is 10.8. The van der Waals surface area contributed by atoms with Gasteiger partial charge in [0.15, 0.2) is 0 Å². The van der Waals surface area contributed by atoms with Crippen LogP contribution in [0.4, 0.5) is 0 Å². The monoisotopic (exact) mass is 215 g/mol. The van der Waals surface area contributed by atoms with Crippen molar-refractivity contribution >= 4 is 0 Å². The first kappa shape index (κ1) is 14.9. The van der Waals surface area contributed by atoms with Crippen LogP contribution in [0.2, 0.25) is 0 Å². The Morgan fingerprint density at radius 2 is 1.67 bits per heavy atom. The molecular weight excluding hydrogens is 186 g/mol. The minimum Gasteiger partial charge on any atom is -0.393 e. The van der Waals surface area contributed by atoms with Gasteiger partial charge in [-0.3, -0.25) is 0 Å². The van der Waals surface area contributed by atoms with E-state index in [2.05, 4.69) is 19.2 Å². The Balaban J connectivity index is 3.15. The normalized spacial score (nSPS) is 15.2. The molecule has 0 amide bonds. The molecule has 0 bridgehead atoms. The molecule has 0 spiro atoms. The summed E-state index contributed by atoms with van der Waals surface area (Å²) in [6.45, 7) is 7.27. The molecule has 0 heterocycles. The standard InChI is InChI=1S/C13H29NO/c1-4-5-6-7-8-9-12(2)14-11-10-13(3)15/h12-15H,4-11H2,1-3H3/t12-,13-/m1/s1. The van der Waals surface area contributed by atoms with Gasteiger partial charge < -0.3 is 10.4 Å². The van der Waals surface area contributed by atoms with Crippen molar-refractivity contribution in [3.05, 3.63) is 0 Å². The zero-order valence-electron chi connectivity index (χ0n) is 10.8. The summed E-state index contributed by atoms with van der Waals surface area (Å²) in [5, 5.41) is 12.5. The molecule has 0 saturated carbocycles. The van der Waals surface area contributed by atoms with Crippen LogP contribution in [0.3, 0.4) is 0 Å². The number of hydrogen-bond acceptors (Lipinski definition) is 2. The predicted octanol–water partition coefficient (Wildman–Crippen LogP) is 3.10. The van der Waals surface area contributed by atoms with Crippen LogP contribution in [0, 0.1) is 0 Å². The highest BCUT2D eigenvalue weighted by atomic mass is 16.3. The lowest BCUT2D eigenvalue weighted by Gasteiger charge is -2.14. The van der Waals surface area contributed by atoms with E-state index in [0.717, 1.165) is 13.0 Å². The second kappa shape index (κ2) is 10.4. The number of aliphatic hydroxyl groups is 1. The van der Waals surface area contributed by atoms with Crippen LogP contribution in [0.25, 0.3) is 0 Å². The van der Waals surface area contributed by atoms with Crippen LogP contribution in [0.15, 0.2) is 0 Å². The lowest BCUT2D eigenvalue weighted by Crippen LogP contribution is -2.28. The molecule has 0 rings (SSSR count). The van der Waals surface area contributed by atoms with E-state index in [0.29, 0.717) is 6.04 Å². The van der Waals surface area contributed by atoms with Crippen LogP contribution in [0.5, 0.6) is 0 Å². The molecule has 92 valence electrons. The number of aliphatic hydroxyl groups excluding tert-OH is 1. The van der Waals surface area contributed by atoms with Crippen LogP contribution >= 0.6 is 0 Å². The molecule has 2 heteroatoms. The maximum atomic E-state index is 9.10. The highest BCUT2D eigenvalue weighted by Gasteiger charge is 2.01. The van der Waals surface area contributed by atoms with Gasteiger partial charge >= 0.3 is 0 Å². The summed E-state index contributed by atoms with van der Waals surface area (Å²) < 4.78 is 0. The largest absolute Gasteiger partial charge is 0.393 e. The van der Waals surface area contributed by atoms with E-state index in [4.69, 9.17) is 5.11 Å². The second-order valence-electron chi connectivity index (χ2n) is 4.70. The molecule has 2 N–H and O–H groups in total. The van der Waals surface area contributed by atoms with Crippen LogP contribution < -0.4 is 5.32 Å². The van der Waals surface area contributed by atoms with E-state index in [1.165, 1.54) is 38.5 Å². The molecular formula is C13H29NO. The highest BCUT2D eigenvalue weighted by Crippen LogP contribution is 2.07. The smallest absolute Gasteiger partial charge is 0.0524 e. The van der Waals surface area contributed by atoms with Crippen molar-refractivity contribution in [2.24, 2.45) is 0 Å². The van der Waals surface area contributed by atoms with Crippen molar-refractivity contribution in [3.63, 3.8) is 0 Å². The molecule has 0 aliphatic rings. The molecule has 0 unspecified atom stereocenters. The number of nitrogens with one attached hydrogen (secondary N) is 1. The molecule has 2 nitrogen and oxygen atoms in total. The Labute approximate surface area is 95.5 Å². The molecule has 0 fully saturated rings. The third-order valence-corrected chi connectivity index (χ3v) is 2.80. The average Bonchev–Trinajstić information content (AvgIpc) is 2.17. The van der Waals surface area contributed by atoms with Crippen molar-refractivity contribution in [1.29, 1.82) is 0 Å². The topological polar surface area (TPSA) is 32.3 Å². The molecule has 0 aliphatic heterocycles. The van der Waals surface area contributed by atoms with E-state index in [1.807, 2.05) is 6.92 Å². The van der Waals surface area contributed by atoms with Gasteiger partial charge in [-0.15, -0.1) is 0 Å². The van der Waals surface area contributed by atoms with E-state index >= 15 is 0 Å². The van der Waals surface area contributed by atoms with Gasteiger partial charge in [-0.05, 0) is 33.2 Å². The lowest BCUT2D eigenvalue weighted by molar-refractivity contribution is 0.182. The summed E-state index contributed by atoms with van der Waals surface area (Å²) in [4.78, 5) is 0. The van der Waals surface area contributed by atoms with Gasteiger partial charge in [0.25, 0.3) is 0 Å². The minimum atomic E-state index is -0.172. The van der Waals surface area contributed by atoms with Gasteiger partial charge in [0.1, 0.15) is 0 Å². The Hall–Kier alpha value is -0.0800. The summed E-state index contributed by atoms with van der Waals surface area (Å²) in [7, 11) is 0. The van der Waals surface area contributed by atoms with E-state index < -0.39 is 0 Å². The van der Waals surface area contributed by atoms with Crippen molar-refractivity contribution in [3.8, 4) is 0 Å². The third-order valence-electron chi connectivity index (χ3n) is 2.80. The Morgan fingerprint density at radius 1 is 1.00 bits per heavy atom. The van der Waals surface area contributed by atoms with Crippen LogP contribution in [-0.2, 0) is 0 Å². The molecule has 0 aromatic carbocycles. The Bertz CT molecular complexity index is 126. The first-order valence-electron chi connectivity index (χ1n) is 6.58. The highest BCUT2D eigenvalue weighted by molar-refractivity contribution is 4.62. The Kier molecular flexibility index (Phi) is 10.4. The molecule has 2 atom stereocenters. The average molecular weight is 215 g/mol. The van der Waals surface area contributed by atoms with Crippen LogP contribution in [-0.4, -0.2) is 23.8 Å². The minimum absolute atomic E-state index is 0.172. The SMILES string of the molecule is CCCCCCC[C@@H](C)NCC[C@@H](C)O. The van der Waals surface area contributed by atoms with Gasteiger partial charge in [-0.25, -0.2) is 0 Å². The van der Waals surface area contributed by atoms with Crippen molar-refractivity contribution in [2.45, 2.75) is 77.9 Å². The fourth-order valence-electron chi connectivity index (χ4n) is 1.69. The van der Waals surface area contributed by atoms with Gasteiger partial charge in [0, 0.05) is 6.04 Å². The summed E-state index contributed by atoms with van der Waals surface area (Å²) >= 11 is 0. The molecule has 0 aliphatic carbocycles. The van der Waals surface area contributed by atoms with Crippen molar-refractivity contribution in [2.75, 3.05) is 6.54 Å². The first-order chi connectivity index (χ1) is 7.16.